The Balaban J connectivity index is 1.24. The number of H-pyrrole nitrogens is 1. The van der Waals surface area contributed by atoms with Gasteiger partial charge in [0.15, 0.2) is 5.82 Å². The first-order valence-corrected chi connectivity index (χ1v) is 11.4. The second kappa shape index (κ2) is 11.0. The van der Waals surface area contributed by atoms with Crippen molar-refractivity contribution in [1.29, 1.82) is 0 Å². The zero-order valence-corrected chi connectivity index (χ0v) is 19.7. The van der Waals surface area contributed by atoms with Crippen LogP contribution in [0, 0.1) is 15.9 Å². The van der Waals surface area contributed by atoms with E-state index >= 15 is 0 Å². The zero-order chi connectivity index (χ0) is 26.5. The molecule has 4 N–H and O–H groups in total. The summed E-state index contributed by atoms with van der Waals surface area (Å²) in [6.45, 7) is 2.32. The standard InChI is InChI=1S/C23H24FN7O6/c1-13(32)27-10-16-12-30(23(34)37-16)14-2-4-18(17(24)8-14)26-7-6-25-11-21(33)22-28-19-5-3-15(31(35)36)9-20(19)29-22/h2-5,8-9,16,25-26H,6-7,10-12H2,1H3,(H,27,32)(H,28,29)/t16-/m0/s1. The minimum absolute atomic E-state index is 0.0399. The van der Waals surface area contributed by atoms with Crippen LogP contribution in [0.4, 0.5) is 26.2 Å². The molecule has 2 amide bonds. The van der Waals surface area contributed by atoms with Crippen molar-refractivity contribution in [2.24, 2.45) is 0 Å². The molecule has 1 aromatic heterocycles. The number of ether oxygens (including phenoxy) is 1. The number of aromatic nitrogens is 2. The topological polar surface area (TPSA) is 172 Å². The number of benzene rings is 2. The van der Waals surface area contributed by atoms with Crippen LogP contribution >= 0.6 is 0 Å². The number of nitrogens with zero attached hydrogens (tertiary/aromatic N) is 3. The van der Waals surface area contributed by atoms with Crippen LogP contribution in [0.1, 0.15) is 17.5 Å². The van der Waals surface area contributed by atoms with Crippen LogP contribution in [0.3, 0.4) is 0 Å². The zero-order valence-electron chi connectivity index (χ0n) is 19.7. The SMILES string of the molecule is CC(=O)NC[C@H]1CN(c2ccc(NCCNCC(=O)c3nc4ccc([N+](=O)[O-])cc4[nH]3)c(F)c2)C(=O)O1. The van der Waals surface area contributed by atoms with Gasteiger partial charge in [0, 0.05) is 32.1 Å². The molecule has 0 spiro atoms. The van der Waals surface area contributed by atoms with Gasteiger partial charge in [-0.05, 0) is 24.3 Å². The predicted octanol–water partition coefficient (Wildman–Crippen LogP) is 1.96. The first-order valence-electron chi connectivity index (χ1n) is 11.4. The number of nitro groups is 1. The molecule has 1 atom stereocenters. The summed E-state index contributed by atoms with van der Waals surface area (Å²) in [4.78, 5) is 54.1. The fraction of sp³-hybridized carbons (Fsp3) is 0.304. The van der Waals surface area contributed by atoms with Crippen molar-refractivity contribution in [3.63, 3.8) is 0 Å². The molecule has 1 saturated heterocycles. The quantitative estimate of drug-likeness (QED) is 0.129. The molecule has 0 bridgehead atoms. The van der Waals surface area contributed by atoms with Gasteiger partial charge >= 0.3 is 6.09 Å². The molecule has 0 aliphatic carbocycles. The number of amides is 2. The molecule has 2 aromatic carbocycles. The highest BCUT2D eigenvalue weighted by Gasteiger charge is 2.32. The van der Waals surface area contributed by atoms with Crippen LogP contribution in [-0.4, -0.2) is 71.5 Å². The smallest absolute Gasteiger partial charge is 0.414 e. The lowest BCUT2D eigenvalue weighted by Crippen LogP contribution is -2.33. The first kappa shape index (κ1) is 25.5. The molecule has 37 heavy (non-hydrogen) atoms. The minimum atomic E-state index is -0.619. The van der Waals surface area contributed by atoms with Crippen LogP contribution in [0.25, 0.3) is 11.0 Å². The van der Waals surface area contributed by atoms with Gasteiger partial charge in [-0.1, -0.05) is 0 Å². The monoisotopic (exact) mass is 513 g/mol. The largest absolute Gasteiger partial charge is 0.442 e. The summed E-state index contributed by atoms with van der Waals surface area (Å²) in [5.41, 5.74) is 1.28. The number of carbonyl (C=O) groups excluding carboxylic acids is 3. The van der Waals surface area contributed by atoms with Gasteiger partial charge < -0.3 is 25.7 Å². The Hall–Kier alpha value is -4.59. The normalized spacial score (nSPS) is 15.0. The summed E-state index contributed by atoms with van der Waals surface area (Å²) < 4.78 is 19.8. The van der Waals surface area contributed by atoms with Crippen LogP contribution < -0.4 is 20.9 Å². The third-order valence-corrected chi connectivity index (χ3v) is 5.56. The molecule has 1 aliphatic heterocycles. The van der Waals surface area contributed by atoms with Crippen molar-refractivity contribution in [3.05, 3.63) is 58.2 Å². The summed E-state index contributed by atoms with van der Waals surface area (Å²) >= 11 is 0. The highest BCUT2D eigenvalue weighted by molar-refractivity contribution is 5.97. The summed E-state index contributed by atoms with van der Waals surface area (Å²) in [5.74, 6) is -1.05. The van der Waals surface area contributed by atoms with Crippen molar-refractivity contribution in [2.45, 2.75) is 13.0 Å². The Morgan fingerprint density at radius 1 is 1.27 bits per heavy atom. The fourth-order valence-electron chi connectivity index (χ4n) is 3.73. The number of Topliss-reactive ketones (excluding diaryl/α,β-unsaturated/α-hetero) is 1. The maximum atomic E-state index is 14.6. The van der Waals surface area contributed by atoms with Crippen molar-refractivity contribution >= 4 is 45.9 Å². The average Bonchev–Trinajstić information content (AvgIpc) is 3.46. The van der Waals surface area contributed by atoms with E-state index in [1.165, 1.54) is 42.2 Å². The summed E-state index contributed by atoms with van der Waals surface area (Å²) in [6, 6.07) is 8.39. The van der Waals surface area contributed by atoms with E-state index in [4.69, 9.17) is 4.74 Å². The van der Waals surface area contributed by atoms with Gasteiger partial charge in [-0.3, -0.25) is 24.6 Å². The fourth-order valence-corrected chi connectivity index (χ4v) is 3.73. The van der Waals surface area contributed by atoms with Gasteiger partial charge in [0.25, 0.3) is 5.69 Å². The Morgan fingerprint density at radius 2 is 2.08 bits per heavy atom. The number of cyclic esters (lactones) is 1. The third kappa shape index (κ3) is 6.16. The Labute approximate surface area is 209 Å². The van der Waals surface area contributed by atoms with Crippen molar-refractivity contribution in [3.8, 4) is 0 Å². The number of hydrogen-bond donors (Lipinski definition) is 4. The second-order valence-electron chi connectivity index (χ2n) is 8.29. The lowest BCUT2D eigenvalue weighted by atomic mass is 10.2. The molecule has 0 unspecified atom stereocenters. The molecule has 0 radical (unpaired) electrons. The van der Waals surface area contributed by atoms with E-state index in [1.807, 2.05) is 0 Å². The van der Waals surface area contributed by atoms with Crippen molar-refractivity contribution < 1.29 is 28.4 Å². The van der Waals surface area contributed by atoms with Crippen molar-refractivity contribution in [1.82, 2.24) is 20.6 Å². The van der Waals surface area contributed by atoms with Gasteiger partial charge in [0.2, 0.25) is 11.7 Å². The number of carbonyl (C=O) groups is 3. The summed E-state index contributed by atoms with van der Waals surface area (Å²) in [7, 11) is 0. The molecule has 4 rings (SSSR count). The van der Waals surface area contributed by atoms with Gasteiger partial charge in [-0.25, -0.2) is 14.2 Å². The molecule has 3 aromatic rings. The number of anilines is 2. The van der Waals surface area contributed by atoms with Crippen LogP contribution in [0.2, 0.25) is 0 Å². The molecule has 1 fully saturated rings. The molecule has 13 nitrogen and oxygen atoms in total. The number of imidazole rings is 1. The number of hydrogen-bond acceptors (Lipinski definition) is 9. The number of nitrogens with one attached hydrogen (secondary N) is 4. The number of aromatic amines is 1. The summed E-state index contributed by atoms with van der Waals surface area (Å²) in [6.07, 6.45) is -1.14. The number of nitro benzene ring substituents is 1. The molecule has 194 valence electrons. The number of halogens is 1. The highest BCUT2D eigenvalue weighted by Crippen LogP contribution is 2.26. The van der Waals surface area contributed by atoms with Gasteiger partial charge in [0.05, 0.1) is 47.0 Å². The molecule has 14 heteroatoms. The first-order chi connectivity index (χ1) is 17.7. The number of fused-ring (bicyclic) bond motifs is 1. The van der Waals surface area contributed by atoms with E-state index < -0.39 is 22.9 Å². The molecule has 0 saturated carbocycles. The maximum absolute atomic E-state index is 14.6. The molecular weight excluding hydrogens is 489 g/mol. The van der Waals surface area contributed by atoms with Crippen LogP contribution in [-0.2, 0) is 9.53 Å². The molecule has 1 aliphatic rings. The Morgan fingerprint density at radius 3 is 2.81 bits per heavy atom. The maximum Gasteiger partial charge on any atom is 0.414 e. The molecule has 2 heterocycles. The van der Waals surface area contributed by atoms with Gasteiger partial charge in [-0.2, -0.15) is 0 Å². The average molecular weight is 513 g/mol. The van der Waals surface area contributed by atoms with E-state index in [-0.39, 0.29) is 48.5 Å². The summed E-state index contributed by atoms with van der Waals surface area (Å²) in [5, 5.41) is 19.3. The van der Waals surface area contributed by atoms with E-state index in [1.54, 1.807) is 6.07 Å². The van der Waals surface area contributed by atoms with E-state index in [0.29, 0.717) is 29.8 Å². The van der Waals surface area contributed by atoms with E-state index in [0.717, 1.165) is 0 Å². The van der Waals surface area contributed by atoms with Crippen LogP contribution in [0.15, 0.2) is 36.4 Å². The predicted molar refractivity (Wildman–Crippen MR) is 131 cm³/mol. The van der Waals surface area contributed by atoms with E-state index in [2.05, 4.69) is 25.9 Å². The second-order valence-corrected chi connectivity index (χ2v) is 8.29. The minimum Gasteiger partial charge on any atom is -0.442 e. The molecular formula is C23H24FN7O6. The Bertz CT molecular complexity index is 1360. The number of ketones is 1. The lowest BCUT2D eigenvalue weighted by Gasteiger charge is -2.15. The number of non-ortho nitro benzene ring substituents is 1. The van der Waals surface area contributed by atoms with Gasteiger partial charge in [-0.15, -0.1) is 0 Å². The van der Waals surface area contributed by atoms with Gasteiger partial charge in [0.1, 0.15) is 11.9 Å². The lowest BCUT2D eigenvalue weighted by molar-refractivity contribution is -0.384. The third-order valence-electron chi connectivity index (χ3n) is 5.56. The number of rotatable bonds is 11. The van der Waals surface area contributed by atoms with Crippen molar-refractivity contribution in [2.75, 3.05) is 42.9 Å². The van der Waals surface area contributed by atoms with E-state index in [9.17, 15) is 28.9 Å². The van der Waals surface area contributed by atoms with Crippen LogP contribution in [0.5, 0.6) is 0 Å². The Kier molecular flexibility index (Phi) is 7.57. The highest BCUT2D eigenvalue weighted by atomic mass is 19.1.